The van der Waals surface area contributed by atoms with Crippen molar-refractivity contribution in [2.24, 2.45) is 5.41 Å². The maximum atomic E-state index is 5.84. The molecule has 2 aliphatic rings. The molecule has 0 bridgehead atoms. The Morgan fingerprint density at radius 3 is 2.85 bits per heavy atom. The Bertz CT molecular complexity index is 494. The van der Waals surface area contributed by atoms with Crippen LogP contribution in [0.3, 0.4) is 0 Å². The molecule has 1 aromatic carbocycles. The maximum Gasteiger partial charge on any atom is 0.0655 e. The van der Waals surface area contributed by atoms with Gasteiger partial charge in [-0.3, -0.25) is 0 Å². The lowest BCUT2D eigenvalue weighted by molar-refractivity contribution is -0.116. The Morgan fingerprint density at radius 2 is 2.15 bits per heavy atom. The molecule has 1 fully saturated rings. The average Bonchev–Trinajstić information content (AvgIpc) is 2.80. The number of nitrogens with one attached hydrogen (secondary N) is 1. The van der Waals surface area contributed by atoms with Crippen LogP contribution in [0.1, 0.15) is 56.3 Å². The van der Waals surface area contributed by atoms with E-state index in [0.29, 0.717) is 18.2 Å². The van der Waals surface area contributed by atoms with Gasteiger partial charge in [0.15, 0.2) is 0 Å². The highest BCUT2D eigenvalue weighted by atomic mass is 16.5. The summed E-state index contributed by atoms with van der Waals surface area (Å²) in [5.74, 6) is 0. The van der Waals surface area contributed by atoms with Gasteiger partial charge in [-0.25, -0.2) is 0 Å². The first-order valence-corrected chi connectivity index (χ1v) is 7.99. The van der Waals surface area contributed by atoms with Crippen molar-refractivity contribution in [3.8, 4) is 0 Å². The highest BCUT2D eigenvalue weighted by Gasteiger charge is 2.49. The number of hydrogen-bond acceptors (Lipinski definition) is 2. The molecule has 0 saturated heterocycles. The smallest absolute Gasteiger partial charge is 0.0655 e. The van der Waals surface area contributed by atoms with Crippen molar-refractivity contribution in [3.63, 3.8) is 0 Å². The average molecular weight is 273 g/mol. The van der Waals surface area contributed by atoms with E-state index in [2.05, 4.69) is 51.2 Å². The lowest BCUT2D eigenvalue weighted by atomic mass is 9.64. The molecule has 3 unspecified atom stereocenters. The zero-order valence-corrected chi connectivity index (χ0v) is 13.2. The van der Waals surface area contributed by atoms with Crippen LogP contribution in [0.4, 0.5) is 0 Å². The van der Waals surface area contributed by atoms with Gasteiger partial charge in [-0.2, -0.15) is 0 Å². The minimum absolute atomic E-state index is 0.253. The van der Waals surface area contributed by atoms with E-state index in [1.165, 1.54) is 29.5 Å². The van der Waals surface area contributed by atoms with E-state index in [1.54, 1.807) is 0 Å². The van der Waals surface area contributed by atoms with Gasteiger partial charge in [0.2, 0.25) is 0 Å². The van der Waals surface area contributed by atoms with Crippen LogP contribution in [0.25, 0.3) is 0 Å². The third-order valence-electron chi connectivity index (χ3n) is 5.33. The summed E-state index contributed by atoms with van der Waals surface area (Å²) in [4.78, 5) is 0. The van der Waals surface area contributed by atoms with Gasteiger partial charge >= 0.3 is 0 Å². The fourth-order valence-electron chi connectivity index (χ4n) is 3.79. The highest BCUT2D eigenvalue weighted by molar-refractivity contribution is 5.37. The van der Waals surface area contributed by atoms with Crippen molar-refractivity contribution < 1.29 is 4.74 Å². The van der Waals surface area contributed by atoms with Crippen LogP contribution in [-0.4, -0.2) is 18.8 Å². The van der Waals surface area contributed by atoms with Crippen LogP contribution in [-0.2, 0) is 11.2 Å². The summed E-state index contributed by atoms with van der Waals surface area (Å²) in [6.07, 6.45) is 4.03. The normalized spacial score (nSPS) is 30.9. The second-order valence-corrected chi connectivity index (χ2v) is 7.01. The van der Waals surface area contributed by atoms with Crippen molar-refractivity contribution in [1.82, 2.24) is 5.32 Å². The summed E-state index contributed by atoms with van der Waals surface area (Å²) >= 11 is 0. The van der Waals surface area contributed by atoms with Gasteiger partial charge in [-0.1, -0.05) is 37.6 Å². The molecular formula is C18H27NO. The monoisotopic (exact) mass is 273 g/mol. The minimum Gasteiger partial charge on any atom is -0.378 e. The van der Waals surface area contributed by atoms with Crippen LogP contribution >= 0.6 is 0 Å². The second-order valence-electron chi connectivity index (χ2n) is 7.01. The van der Waals surface area contributed by atoms with Crippen LogP contribution in [0, 0.1) is 12.3 Å². The molecule has 3 rings (SSSR count). The van der Waals surface area contributed by atoms with Gasteiger partial charge in [0.1, 0.15) is 0 Å². The van der Waals surface area contributed by atoms with E-state index >= 15 is 0 Å². The van der Waals surface area contributed by atoms with Gasteiger partial charge in [-0.05, 0) is 44.2 Å². The Morgan fingerprint density at radius 1 is 1.35 bits per heavy atom. The first-order chi connectivity index (χ1) is 9.52. The Balaban J connectivity index is 1.68. The number of fused-ring (bicyclic) bond motifs is 1. The third kappa shape index (κ3) is 2.29. The Hall–Kier alpha value is -0.860. The Labute approximate surface area is 122 Å². The fourth-order valence-corrected chi connectivity index (χ4v) is 3.79. The molecule has 0 spiro atoms. The summed E-state index contributed by atoms with van der Waals surface area (Å²) in [6, 6.07) is 8.03. The van der Waals surface area contributed by atoms with E-state index in [0.717, 1.165) is 13.0 Å². The molecule has 0 heterocycles. The van der Waals surface area contributed by atoms with Crippen LogP contribution in [0.15, 0.2) is 18.2 Å². The van der Waals surface area contributed by atoms with Gasteiger partial charge in [0, 0.05) is 24.1 Å². The molecule has 1 saturated carbocycles. The molecular weight excluding hydrogens is 246 g/mol. The number of rotatable bonds is 4. The van der Waals surface area contributed by atoms with Crippen molar-refractivity contribution in [1.29, 1.82) is 0 Å². The topological polar surface area (TPSA) is 21.3 Å². The maximum absolute atomic E-state index is 5.84. The molecule has 2 heteroatoms. The van der Waals surface area contributed by atoms with Gasteiger partial charge in [-0.15, -0.1) is 0 Å². The van der Waals surface area contributed by atoms with E-state index in [4.69, 9.17) is 4.74 Å². The van der Waals surface area contributed by atoms with Crippen LogP contribution in [0.2, 0.25) is 0 Å². The van der Waals surface area contributed by atoms with Gasteiger partial charge < -0.3 is 10.1 Å². The number of ether oxygens (including phenoxy) is 1. The fraction of sp³-hybridized carbons (Fsp3) is 0.667. The molecule has 0 aliphatic heterocycles. The van der Waals surface area contributed by atoms with Crippen molar-refractivity contribution in [2.45, 2.75) is 65.1 Å². The summed E-state index contributed by atoms with van der Waals surface area (Å²) in [5.41, 5.74) is 4.69. The molecule has 0 radical (unpaired) electrons. The predicted molar refractivity (Wildman–Crippen MR) is 83.0 cm³/mol. The second kappa shape index (κ2) is 5.16. The van der Waals surface area contributed by atoms with Crippen molar-refractivity contribution in [3.05, 3.63) is 34.9 Å². The summed E-state index contributed by atoms with van der Waals surface area (Å²) in [7, 11) is 0. The zero-order valence-electron chi connectivity index (χ0n) is 13.2. The van der Waals surface area contributed by atoms with Gasteiger partial charge in [0.25, 0.3) is 0 Å². The minimum atomic E-state index is 0.253. The summed E-state index contributed by atoms with van der Waals surface area (Å²) in [5, 5.41) is 3.90. The molecule has 3 atom stereocenters. The molecule has 1 aromatic rings. The van der Waals surface area contributed by atoms with E-state index in [-0.39, 0.29) is 5.41 Å². The molecule has 110 valence electrons. The van der Waals surface area contributed by atoms with E-state index in [9.17, 15) is 0 Å². The molecule has 1 N–H and O–H groups in total. The Kier molecular flexibility index (Phi) is 3.64. The summed E-state index contributed by atoms with van der Waals surface area (Å²) < 4.78 is 5.84. The lowest BCUT2D eigenvalue weighted by Crippen LogP contribution is -2.61. The first-order valence-electron chi connectivity index (χ1n) is 7.99. The number of benzene rings is 1. The van der Waals surface area contributed by atoms with Gasteiger partial charge in [0.05, 0.1) is 6.10 Å². The molecule has 0 amide bonds. The largest absolute Gasteiger partial charge is 0.378 e. The number of aryl methyl sites for hydroxylation is 2. The lowest BCUT2D eigenvalue weighted by Gasteiger charge is -2.52. The first kappa shape index (κ1) is 14.1. The van der Waals surface area contributed by atoms with Crippen molar-refractivity contribution >= 4 is 0 Å². The van der Waals surface area contributed by atoms with Crippen molar-refractivity contribution in [2.75, 3.05) is 6.61 Å². The van der Waals surface area contributed by atoms with Crippen LogP contribution in [0.5, 0.6) is 0 Å². The number of hydrogen-bond donors (Lipinski definition) is 1. The highest BCUT2D eigenvalue weighted by Crippen LogP contribution is 2.45. The van der Waals surface area contributed by atoms with E-state index < -0.39 is 0 Å². The molecule has 2 aliphatic carbocycles. The predicted octanol–water partition coefficient (Wildman–Crippen LogP) is 3.78. The molecule has 0 aromatic heterocycles. The zero-order chi connectivity index (χ0) is 14.3. The van der Waals surface area contributed by atoms with Crippen LogP contribution < -0.4 is 5.32 Å². The summed E-state index contributed by atoms with van der Waals surface area (Å²) in [6.45, 7) is 9.77. The molecule has 2 nitrogen and oxygen atoms in total. The standard InChI is InChI=1S/C18H27NO/c1-5-20-17-11-16(18(17,3)4)19-15-9-8-13-7-6-12(2)10-14(13)15/h6-7,10,15-17,19H,5,8-9,11H2,1-4H3. The SMILES string of the molecule is CCOC1CC(NC2CCc3ccc(C)cc32)C1(C)C. The van der Waals surface area contributed by atoms with E-state index in [1.807, 2.05) is 0 Å². The quantitative estimate of drug-likeness (QED) is 0.901. The molecule has 20 heavy (non-hydrogen) atoms. The third-order valence-corrected chi connectivity index (χ3v) is 5.33.